The summed E-state index contributed by atoms with van der Waals surface area (Å²) in [5.74, 6) is 0.528. The van der Waals surface area contributed by atoms with Crippen molar-refractivity contribution in [1.29, 1.82) is 0 Å². The van der Waals surface area contributed by atoms with E-state index >= 15 is 0 Å². The molecule has 2 aromatic carbocycles. The van der Waals surface area contributed by atoms with E-state index in [0.717, 1.165) is 22.4 Å². The average Bonchev–Trinajstić information content (AvgIpc) is 3.12. The Morgan fingerprint density at radius 3 is 2.54 bits per heavy atom. The first-order valence-electron chi connectivity index (χ1n) is 8.18. The fourth-order valence-electron chi connectivity index (χ4n) is 2.61. The van der Waals surface area contributed by atoms with Gasteiger partial charge in [-0.05, 0) is 31.5 Å². The second-order valence-corrected chi connectivity index (χ2v) is 6.10. The van der Waals surface area contributed by atoms with Gasteiger partial charge in [-0.15, -0.1) is 0 Å². The summed E-state index contributed by atoms with van der Waals surface area (Å²) in [5, 5.41) is 8.36. The van der Waals surface area contributed by atoms with Gasteiger partial charge in [0.15, 0.2) is 5.69 Å². The summed E-state index contributed by atoms with van der Waals surface area (Å²) in [7, 11) is 0. The van der Waals surface area contributed by atoms with Crippen LogP contribution in [0.1, 0.15) is 11.1 Å². The van der Waals surface area contributed by atoms with E-state index in [4.69, 9.17) is 4.52 Å². The smallest absolute Gasteiger partial charge is 0.282 e. The van der Waals surface area contributed by atoms with E-state index < -0.39 is 0 Å². The fourth-order valence-corrected chi connectivity index (χ4v) is 2.61. The maximum Gasteiger partial charge on any atom is 0.282 e. The Kier molecular flexibility index (Phi) is 3.93. The number of hydrogen-bond donors (Lipinski definition) is 0. The molecule has 0 aliphatic heterocycles. The van der Waals surface area contributed by atoms with Crippen LogP contribution in [0.25, 0.3) is 28.7 Å². The van der Waals surface area contributed by atoms with Gasteiger partial charge in [0.05, 0.1) is 5.69 Å². The molecule has 0 aliphatic carbocycles. The Bertz CT molecular complexity index is 1130. The van der Waals surface area contributed by atoms with Gasteiger partial charge in [0, 0.05) is 17.8 Å². The predicted octanol–water partition coefficient (Wildman–Crippen LogP) is 3.57. The molecule has 0 N–H and O–H groups in total. The SMILES string of the molecule is Cc1ccc(-c2noc(-c3nn(-c4cccc(C)c4)ccc3=O)n2)cc1. The largest absolute Gasteiger partial charge is 0.332 e. The van der Waals surface area contributed by atoms with Crippen molar-refractivity contribution in [3.05, 3.63) is 82.1 Å². The van der Waals surface area contributed by atoms with Crippen LogP contribution in [0.5, 0.6) is 0 Å². The summed E-state index contributed by atoms with van der Waals surface area (Å²) in [5.41, 5.74) is 3.77. The van der Waals surface area contributed by atoms with E-state index in [1.165, 1.54) is 6.07 Å². The molecular formula is C20H16N4O2. The van der Waals surface area contributed by atoms with E-state index in [0.29, 0.717) is 5.82 Å². The van der Waals surface area contributed by atoms with E-state index in [-0.39, 0.29) is 17.0 Å². The predicted molar refractivity (Wildman–Crippen MR) is 98.0 cm³/mol. The van der Waals surface area contributed by atoms with Crippen molar-refractivity contribution in [2.24, 2.45) is 0 Å². The highest BCUT2D eigenvalue weighted by Gasteiger charge is 2.16. The van der Waals surface area contributed by atoms with Crippen molar-refractivity contribution in [1.82, 2.24) is 19.9 Å². The van der Waals surface area contributed by atoms with Gasteiger partial charge in [0.2, 0.25) is 11.3 Å². The van der Waals surface area contributed by atoms with Crippen LogP contribution in [-0.4, -0.2) is 19.9 Å². The van der Waals surface area contributed by atoms with Gasteiger partial charge < -0.3 is 4.52 Å². The molecule has 6 nitrogen and oxygen atoms in total. The Hall–Kier alpha value is -3.54. The number of nitrogens with zero attached hydrogens (tertiary/aromatic N) is 4. The zero-order chi connectivity index (χ0) is 18.1. The molecule has 2 heterocycles. The molecule has 0 radical (unpaired) electrons. The van der Waals surface area contributed by atoms with Crippen LogP contribution in [0.15, 0.2) is 70.1 Å². The van der Waals surface area contributed by atoms with E-state index in [1.54, 1.807) is 10.9 Å². The summed E-state index contributed by atoms with van der Waals surface area (Å²) in [6.07, 6.45) is 1.62. The second-order valence-electron chi connectivity index (χ2n) is 6.10. The number of rotatable bonds is 3. The van der Waals surface area contributed by atoms with E-state index in [1.807, 2.05) is 62.4 Å². The van der Waals surface area contributed by atoms with Crippen molar-refractivity contribution < 1.29 is 4.52 Å². The summed E-state index contributed by atoms with van der Waals surface area (Å²) in [6, 6.07) is 17.0. The minimum atomic E-state index is -0.270. The van der Waals surface area contributed by atoms with Crippen molar-refractivity contribution >= 4 is 0 Å². The lowest BCUT2D eigenvalue weighted by Crippen LogP contribution is -2.12. The van der Waals surface area contributed by atoms with Gasteiger partial charge in [-0.25, -0.2) is 4.68 Å². The molecule has 128 valence electrons. The first-order chi connectivity index (χ1) is 12.6. The molecule has 0 spiro atoms. The second kappa shape index (κ2) is 6.40. The number of hydrogen-bond acceptors (Lipinski definition) is 5. The van der Waals surface area contributed by atoms with Crippen molar-refractivity contribution in [3.8, 4) is 28.7 Å². The topological polar surface area (TPSA) is 73.8 Å². The highest BCUT2D eigenvalue weighted by Crippen LogP contribution is 2.20. The van der Waals surface area contributed by atoms with Crippen molar-refractivity contribution in [2.75, 3.05) is 0 Å². The third kappa shape index (κ3) is 3.04. The normalized spacial score (nSPS) is 10.8. The van der Waals surface area contributed by atoms with Gasteiger partial charge in [-0.3, -0.25) is 4.79 Å². The van der Waals surface area contributed by atoms with Crippen LogP contribution in [-0.2, 0) is 0 Å². The van der Waals surface area contributed by atoms with Gasteiger partial charge in [0.25, 0.3) is 5.89 Å². The zero-order valence-corrected chi connectivity index (χ0v) is 14.4. The van der Waals surface area contributed by atoms with Crippen LogP contribution >= 0.6 is 0 Å². The maximum atomic E-state index is 12.3. The van der Waals surface area contributed by atoms with E-state index in [9.17, 15) is 4.79 Å². The number of aryl methyl sites for hydroxylation is 2. The van der Waals surface area contributed by atoms with Gasteiger partial charge in [-0.1, -0.05) is 47.1 Å². The average molecular weight is 344 g/mol. The van der Waals surface area contributed by atoms with Gasteiger partial charge in [-0.2, -0.15) is 10.1 Å². The van der Waals surface area contributed by atoms with Crippen molar-refractivity contribution in [2.45, 2.75) is 13.8 Å². The van der Waals surface area contributed by atoms with Crippen LogP contribution in [0.2, 0.25) is 0 Å². The zero-order valence-electron chi connectivity index (χ0n) is 14.4. The summed E-state index contributed by atoms with van der Waals surface area (Å²) in [4.78, 5) is 16.6. The molecule has 0 saturated carbocycles. The lowest BCUT2D eigenvalue weighted by atomic mass is 10.1. The van der Waals surface area contributed by atoms with Crippen LogP contribution in [0.3, 0.4) is 0 Å². The molecule has 0 unspecified atom stereocenters. The maximum absolute atomic E-state index is 12.3. The Labute approximate surface area is 149 Å². The molecule has 0 saturated heterocycles. The van der Waals surface area contributed by atoms with Crippen LogP contribution in [0.4, 0.5) is 0 Å². The molecule has 0 amide bonds. The van der Waals surface area contributed by atoms with Gasteiger partial charge in [0.1, 0.15) is 0 Å². The lowest BCUT2D eigenvalue weighted by molar-refractivity contribution is 0.429. The molecule has 4 rings (SSSR count). The lowest BCUT2D eigenvalue weighted by Gasteiger charge is -2.06. The molecular weight excluding hydrogens is 328 g/mol. The number of benzene rings is 2. The van der Waals surface area contributed by atoms with Crippen molar-refractivity contribution in [3.63, 3.8) is 0 Å². The molecule has 0 bridgehead atoms. The minimum absolute atomic E-state index is 0.104. The Morgan fingerprint density at radius 2 is 1.77 bits per heavy atom. The summed E-state index contributed by atoms with van der Waals surface area (Å²) >= 11 is 0. The standard InChI is InChI=1S/C20H16N4O2/c1-13-6-8-15(9-7-13)19-21-20(26-23-19)18-17(25)10-11-24(22-18)16-5-3-4-14(2)12-16/h3-12H,1-2H3. The highest BCUT2D eigenvalue weighted by molar-refractivity contribution is 5.58. The number of aromatic nitrogens is 4. The molecule has 4 aromatic rings. The molecule has 0 fully saturated rings. The third-order valence-electron chi connectivity index (χ3n) is 4.01. The van der Waals surface area contributed by atoms with Crippen LogP contribution < -0.4 is 5.43 Å². The minimum Gasteiger partial charge on any atom is -0.332 e. The molecule has 6 heteroatoms. The summed E-state index contributed by atoms with van der Waals surface area (Å²) in [6.45, 7) is 4.01. The monoisotopic (exact) mass is 344 g/mol. The van der Waals surface area contributed by atoms with Gasteiger partial charge >= 0.3 is 0 Å². The molecule has 0 aliphatic rings. The fraction of sp³-hybridized carbons (Fsp3) is 0.100. The first kappa shape index (κ1) is 16.0. The van der Waals surface area contributed by atoms with Crippen LogP contribution in [0, 0.1) is 13.8 Å². The molecule has 26 heavy (non-hydrogen) atoms. The Balaban J connectivity index is 1.75. The first-order valence-corrected chi connectivity index (χ1v) is 8.18. The third-order valence-corrected chi connectivity index (χ3v) is 4.01. The quantitative estimate of drug-likeness (QED) is 0.568. The highest BCUT2D eigenvalue weighted by atomic mass is 16.5. The molecule has 2 aromatic heterocycles. The summed E-state index contributed by atoms with van der Waals surface area (Å²) < 4.78 is 6.92. The van der Waals surface area contributed by atoms with E-state index in [2.05, 4.69) is 15.2 Å². The molecule has 0 atom stereocenters. The Morgan fingerprint density at radius 1 is 0.962 bits per heavy atom.